The Hall–Kier alpha value is -0.170. The molecule has 0 radical (unpaired) electrons. The first-order valence-electron chi connectivity index (χ1n) is 6.19. The van der Waals surface area contributed by atoms with Crippen molar-refractivity contribution in [2.24, 2.45) is 0 Å². The molecule has 5 nitrogen and oxygen atoms in total. The molecular weight excluding hydrogens is 238 g/mol. The number of rotatable bonds is 5. The second kappa shape index (κ2) is 6.13. The topological polar surface area (TPSA) is 52.7 Å². The fourth-order valence-corrected chi connectivity index (χ4v) is 3.85. The lowest BCUT2D eigenvalue weighted by molar-refractivity contribution is 0.187. The van der Waals surface area contributed by atoms with Gasteiger partial charge >= 0.3 is 0 Å². The molecule has 6 heteroatoms. The van der Waals surface area contributed by atoms with Crippen LogP contribution in [0.3, 0.4) is 0 Å². The van der Waals surface area contributed by atoms with E-state index in [0.29, 0.717) is 6.54 Å². The maximum Gasteiger partial charge on any atom is 0.218 e. The van der Waals surface area contributed by atoms with Crippen molar-refractivity contribution in [2.75, 3.05) is 40.8 Å². The Morgan fingerprint density at radius 3 is 2.71 bits per heavy atom. The first kappa shape index (κ1) is 14.9. The third-order valence-corrected chi connectivity index (χ3v) is 5.80. The predicted octanol–water partition coefficient (Wildman–Crippen LogP) is -0.0499. The molecule has 0 aromatic carbocycles. The maximum atomic E-state index is 12.3. The van der Waals surface area contributed by atoms with Crippen LogP contribution in [0.15, 0.2) is 0 Å². The summed E-state index contributed by atoms with van der Waals surface area (Å²) < 4.78 is 26.2. The second-order valence-electron chi connectivity index (χ2n) is 4.99. The number of hydrogen-bond donors (Lipinski definition) is 1. The fraction of sp³-hybridized carbons (Fsp3) is 1.00. The lowest BCUT2D eigenvalue weighted by atomic mass is 10.1. The lowest BCUT2D eigenvalue weighted by Gasteiger charge is -2.36. The van der Waals surface area contributed by atoms with Gasteiger partial charge in [0.2, 0.25) is 10.0 Å². The van der Waals surface area contributed by atoms with Crippen molar-refractivity contribution in [3.63, 3.8) is 0 Å². The van der Waals surface area contributed by atoms with Crippen LogP contribution in [0.1, 0.15) is 19.8 Å². The number of sulfonamides is 1. The summed E-state index contributed by atoms with van der Waals surface area (Å²) in [5.74, 6) is 0. The van der Waals surface area contributed by atoms with Crippen LogP contribution in [-0.4, -0.2) is 69.7 Å². The van der Waals surface area contributed by atoms with Gasteiger partial charge in [0.15, 0.2) is 0 Å². The summed E-state index contributed by atoms with van der Waals surface area (Å²) in [7, 11) is 2.36. The Morgan fingerprint density at radius 1 is 1.53 bits per heavy atom. The van der Waals surface area contributed by atoms with E-state index in [0.717, 1.165) is 25.9 Å². The predicted molar refractivity (Wildman–Crippen MR) is 70.6 cm³/mol. The van der Waals surface area contributed by atoms with Crippen molar-refractivity contribution >= 4 is 10.0 Å². The smallest absolute Gasteiger partial charge is 0.218 e. The molecule has 17 heavy (non-hydrogen) atoms. The minimum Gasteiger partial charge on any atom is -0.318 e. The van der Waals surface area contributed by atoms with E-state index in [1.54, 1.807) is 25.3 Å². The Labute approximate surface area is 105 Å². The molecule has 1 heterocycles. The van der Waals surface area contributed by atoms with Crippen LogP contribution in [0.5, 0.6) is 0 Å². The van der Waals surface area contributed by atoms with Gasteiger partial charge in [-0.05, 0) is 40.4 Å². The van der Waals surface area contributed by atoms with Crippen molar-refractivity contribution in [1.29, 1.82) is 0 Å². The summed E-state index contributed by atoms with van der Waals surface area (Å²) in [6.45, 7) is 4.16. The zero-order chi connectivity index (χ0) is 13.1. The summed E-state index contributed by atoms with van der Waals surface area (Å²) in [5.41, 5.74) is 0. The Morgan fingerprint density at radius 2 is 2.18 bits per heavy atom. The summed E-state index contributed by atoms with van der Waals surface area (Å²) in [5, 5.41) is 2.55. The summed E-state index contributed by atoms with van der Waals surface area (Å²) in [4.78, 5) is 2.20. The van der Waals surface area contributed by atoms with Crippen molar-refractivity contribution in [1.82, 2.24) is 14.5 Å². The number of likely N-dealkylation sites (N-methyl/N-ethyl adjacent to an activating group) is 2. The van der Waals surface area contributed by atoms with Gasteiger partial charge in [-0.2, -0.15) is 0 Å². The van der Waals surface area contributed by atoms with Crippen molar-refractivity contribution in [3.8, 4) is 0 Å². The number of nitrogens with one attached hydrogen (secondary N) is 1. The van der Waals surface area contributed by atoms with Gasteiger partial charge in [-0.1, -0.05) is 0 Å². The lowest BCUT2D eigenvalue weighted by Crippen LogP contribution is -2.50. The van der Waals surface area contributed by atoms with Gasteiger partial charge in [-0.15, -0.1) is 0 Å². The number of nitrogens with zero attached hydrogens (tertiary/aromatic N) is 2. The van der Waals surface area contributed by atoms with Gasteiger partial charge in [-0.25, -0.2) is 12.7 Å². The minimum absolute atomic E-state index is 0.123. The van der Waals surface area contributed by atoms with Gasteiger partial charge in [0, 0.05) is 26.2 Å². The van der Waals surface area contributed by atoms with Crippen LogP contribution in [0.4, 0.5) is 0 Å². The monoisotopic (exact) mass is 263 g/mol. The first-order chi connectivity index (χ1) is 7.89. The quantitative estimate of drug-likeness (QED) is 0.756. The Kier molecular flexibility index (Phi) is 5.37. The highest BCUT2D eigenvalue weighted by atomic mass is 32.2. The molecule has 0 saturated carbocycles. The highest BCUT2D eigenvalue weighted by Gasteiger charge is 2.32. The van der Waals surface area contributed by atoms with E-state index < -0.39 is 10.0 Å². The largest absolute Gasteiger partial charge is 0.318 e. The van der Waals surface area contributed by atoms with Gasteiger partial charge in [0.1, 0.15) is 0 Å². The molecule has 0 aromatic heterocycles. The third kappa shape index (κ3) is 3.64. The van der Waals surface area contributed by atoms with Gasteiger partial charge in [0.25, 0.3) is 0 Å². The molecule has 0 aliphatic carbocycles. The van der Waals surface area contributed by atoms with Crippen molar-refractivity contribution in [3.05, 3.63) is 0 Å². The average Bonchev–Trinajstić information content (AvgIpc) is 2.28. The van der Waals surface area contributed by atoms with Crippen LogP contribution in [0, 0.1) is 0 Å². The molecule has 1 saturated heterocycles. The van der Waals surface area contributed by atoms with Crippen LogP contribution in [-0.2, 0) is 10.0 Å². The highest BCUT2D eigenvalue weighted by Crippen LogP contribution is 2.18. The molecule has 1 rings (SSSR count). The zero-order valence-electron chi connectivity index (χ0n) is 11.3. The molecule has 0 bridgehead atoms. The molecule has 2 unspecified atom stereocenters. The first-order valence-corrected chi connectivity index (χ1v) is 7.70. The average molecular weight is 263 g/mol. The van der Waals surface area contributed by atoms with Crippen LogP contribution in [0.25, 0.3) is 0 Å². The van der Waals surface area contributed by atoms with E-state index in [1.807, 2.05) is 7.05 Å². The molecule has 1 fully saturated rings. The Balaban J connectivity index is 2.70. The molecule has 1 aliphatic rings. The van der Waals surface area contributed by atoms with Crippen molar-refractivity contribution < 1.29 is 8.42 Å². The van der Waals surface area contributed by atoms with Gasteiger partial charge in [-0.3, -0.25) is 0 Å². The van der Waals surface area contributed by atoms with E-state index in [9.17, 15) is 8.42 Å². The zero-order valence-corrected chi connectivity index (χ0v) is 12.1. The van der Waals surface area contributed by atoms with Gasteiger partial charge < -0.3 is 10.2 Å². The normalized spacial score (nSPS) is 25.1. The third-order valence-electron chi connectivity index (χ3n) is 3.52. The standard InChI is InChI=1S/C11H25N3O2S/c1-10(8-12-2)17(15,16)14(4)11-6-5-7-13(3)9-11/h10-12H,5-9H2,1-4H3. The molecule has 102 valence electrons. The minimum atomic E-state index is -3.18. The second-order valence-corrected chi connectivity index (χ2v) is 7.40. The number of piperidine rings is 1. The molecule has 1 aliphatic heterocycles. The van der Waals surface area contributed by atoms with Crippen LogP contribution in [0.2, 0.25) is 0 Å². The molecule has 2 atom stereocenters. The molecule has 0 aromatic rings. The van der Waals surface area contributed by atoms with Crippen LogP contribution < -0.4 is 5.32 Å². The van der Waals surface area contributed by atoms with E-state index in [-0.39, 0.29) is 11.3 Å². The molecule has 1 N–H and O–H groups in total. The van der Waals surface area contributed by atoms with Crippen LogP contribution >= 0.6 is 0 Å². The van der Waals surface area contributed by atoms with E-state index in [4.69, 9.17) is 0 Å². The van der Waals surface area contributed by atoms with E-state index in [2.05, 4.69) is 10.2 Å². The summed E-state index contributed by atoms with van der Waals surface area (Å²) in [6.07, 6.45) is 2.04. The van der Waals surface area contributed by atoms with Crippen molar-refractivity contribution in [2.45, 2.75) is 31.1 Å². The molecular formula is C11H25N3O2S. The van der Waals surface area contributed by atoms with Gasteiger partial charge in [0.05, 0.1) is 5.25 Å². The highest BCUT2D eigenvalue weighted by molar-refractivity contribution is 7.89. The summed E-state index contributed by atoms with van der Waals surface area (Å²) >= 11 is 0. The fourth-order valence-electron chi connectivity index (χ4n) is 2.32. The molecule has 0 spiro atoms. The molecule has 0 amide bonds. The number of hydrogen-bond acceptors (Lipinski definition) is 4. The number of likely N-dealkylation sites (tertiary alicyclic amines) is 1. The SMILES string of the molecule is CNCC(C)S(=O)(=O)N(C)C1CCCN(C)C1. The summed E-state index contributed by atoms with van der Waals surface area (Å²) in [6, 6.07) is 0.123. The maximum absolute atomic E-state index is 12.3. The van der Waals surface area contributed by atoms with E-state index in [1.165, 1.54) is 0 Å². The Bertz CT molecular complexity index is 332. The van der Waals surface area contributed by atoms with E-state index >= 15 is 0 Å².